The second kappa shape index (κ2) is 6.47. The van der Waals surface area contributed by atoms with Crippen molar-refractivity contribution in [1.82, 2.24) is 15.1 Å². The Morgan fingerprint density at radius 3 is 2.39 bits per heavy atom. The molecule has 1 heterocycles. The quantitative estimate of drug-likeness (QED) is 0.686. The van der Waals surface area contributed by atoms with Gasteiger partial charge in [-0.15, -0.1) is 0 Å². The van der Waals surface area contributed by atoms with E-state index in [0.717, 1.165) is 25.7 Å². The molecular formula is C16H26N4O3. The van der Waals surface area contributed by atoms with Crippen LogP contribution < -0.4 is 11.1 Å². The van der Waals surface area contributed by atoms with Crippen molar-refractivity contribution >= 4 is 17.7 Å². The van der Waals surface area contributed by atoms with Gasteiger partial charge in [0.05, 0.1) is 6.04 Å². The maximum absolute atomic E-state index is 12.6. The Kier molecular flexibility index (Phi) is 4.57. The summed E-state index contributed by atoms with van der Waals surface area (Å²) in [6, 6.07) is -0.210. The smallest absolute Gasteiger partial charge is 0.242 e. The molecule has 0 aromatic carbocycles. The summed E-state index contributed by atoms with van der Waals surface area (Å²) in [5.41, 5.74) is 5.43. The maximum Gasteiger partial charge on any atom is 0.242 e. The predicted octanol–water partition coefficient (Wildman–Crippen LogP) is -0.548. The number of nitrogens with one attached hydrogen (secondary N) is 1. The van der Waals surface area contributed by atoms with Gasteiger partial charge in [0, 0.05) is 38.5 Å². The van der Waals surface area contributed by atoms with E-state index in [1.807, 2.05) is 4.90 Å². The van der Waals surface area contributed by atoms with Gasteiger partial charge in [-0.3, -0.25) is 14.4 Å². The molecular weight excluding hydrogens is 296 g/mol. The van der Waals surface area contributed by atoms with Crippen molar-refractivity contribution in [2.24, 2.45) is 11.7 Å². The number of rotatable bonds is 6. The van der Waals surface area contributed by atoms with Gasteiger partial charge >= 0.3 is 0 Å². The third-order valence-electron chi connectivity index (χ3n) is 4.94. The van der Waals surface area contributed by atoms with Crippen LogP contribution in [0.5, 0.6) is 0 Å². The van der Waals surface area contributed by atoms with Crippen LogP contribution in [-0.2, 0) is 14.4 Å². The second-order valence-electron chi connectivity index (χ2n) is 6.91. The summed E-state index contributed by atoms with van der Waals surface area (Å²) in [6.45, 7) is 2.72. The van der Waals surface area contributed by atoms with Gasteiger partial charge in [-0.1, -0.05) is 0 Å². The van der Waals surface area contributed by atoms with E-state index in [1.165, 1.54) is 6.92 Å². The van der Waals surface area contributed by atoms with Crippen LogP contribution in [0.1, 0.15) is 39.0 Å². The van der Waals surface area contributed by atoms with Crippen molar-refractivity contribution in [2.45, 2.75) is 57.2 Å². The minimum Gasteiger partial charge on any atom is -0.353 e. The van der Waals surface area contributed by atoms with Crippen LogP contribution in [0.4, 0.5) is 0 Å². The number of nitrogens with two attached hydrogens (primary N) is 1. The average molecular weight is 322 g/mol. The van der Waals surface area contributed by atoms with Gasteiger partial charge in [0.15, 0.2) is 0 Å². The van der Waals surface area contributed by atoms with E-state index in [4.69, 9.17) is 5.73 Å². The van der Waals surface area contributed by atoms with Gasteiger partial charge in [-0.2, -0.15) is 0 Å². The largest absolute Gasteiger partial charge is 0.353 e. The SMILES string of the molecule is CC(=O)N1CC(N(C(=O)C2CC2)C2CC2)CC1C(=O)NCCN. The van der Waals surface area contributed by atoms with Crippen LogP contribution in [0.15, 0.2) is 0 Å². The third kappa shape index (κ3) is 3.49. The van der Waals surface area contributed by atoms with Crippen molar-refractivity contribution in [2.75, 3.05) is 19.6 Å². The minimum absolute atomic E-state index is 0.0341. The van der Waals surface area contributed by atoms with Crippen molar-refractivity contribution in [1.29, 1.82) is 0 Å². The molecule has 7 heteroatoms. The molecule has 0 bridgehead atoms. The molecule has 2 saturated carbocycles. The topological polar surface area (TPSA) is 95.7 Å². The van der Waals surface area contributed by atoms with Crippen molar-refractivity contribution in [3.63, 3.8) is 0 Å². The molecule has 0 aromatic heterocycles. The monoisotopic (exact) mass is 322 g/mol. The number of nitrogens with zero attached hydrogens (tertiary/aromatic N) is 2. The Morgan fingerprint density at radius 2 is 1.87 bits per heavy atom. The standard InChI is InChI=1S/C16H26N4O3/c1-10(21)19-9-13(8-14(19)15(22)18-7-6-17)20(12-4-5-12)16(23)11-2-3-11/h11-14H,2-9,17H2,1H3,(H,18,22). The first-order valence-electron chi connectivity index (χ1n) is 8.60. The fraction of sp³-hybridized carbons (Fsp3) is 0.812. The second-order valence-corrected chi connectivity index (χ2v) is 6.91. The summed E-state index contributed by atoms with van der Waals surface area (Å²) >= 11 is 0. The lowest BCUT2D eigenvalue weighted by Crippen LogP contribution is -2.46. The molecule has 2 unspecified atom stereocenters. The lowest BCUT2D eigenvalue weighted by molar-refractivity contribution is -0.137. The zero-order chi connectivity index (χ0) is 16.6. The summed E-state index contributed by atoms with van der Waals surface area (Å²) < 4.78 is 0. The number of carbonyl (C=O) groups excluding carboxylic acids is 3. The van der Waals surface area contributed by atoms with Crippen LogP contribution in [0, 0.1) is 5.92 Å². The van der Waals surface area contributed by atoms with Crippen LogP contribution in [0.3, 0.4) is 0 Å². The molecule has 0 spiro atoms. The van der Waals surface area contributed by atoms with Crippen molar-refractivity contribution < 1.29 is 14.4 Å². The lowest BCUT2D eigenvalue weighted by atomic mass is 10.1. The molecule has 3 N–H and O–H groups in total. The molecule has 3 rings (SSSR count). The van der Waals surface area contributed by atoms with E-state index in [0.29, 0.717) is 32.1 Å². The molecule has 3 amide bonds. The van der Waals surface area contributed by atoms with E-state index in [9.17, 15) is 14.4 Å². The summed E-state index contributed by atoms with van der Waals surface area (Å²) in [5.74, 6) is 0.119. The molecule has 1 saturated heterocycles. The highest BCUT2D eigenvalue weighted by Crippen LogP contribution is 2.39. The molecule has 2 aliphatic carbocycles. The van der Waals surface area contributed by atoms with Crippen LogP contribution in [-0.4, -0.2) is 65.3 Å². The highest BCUT2D eigenvalue weighted by Gasteiger charge is 2.48. The summed E-state index contributed by atoms with van der Waals surface area (Å²) in [5, 5.41) is 2.77. The Bertz CT molecular complexity index is 502. The number of hydrogen-bond donors (Lipinski definition) is 2. The maximum atomic E-state index is 12.6. The van der Waals surface area contributed by atoms with Crippen molar-refractivity contribution in [3.8, 4) is 0 Å². The van der Waals surface area contributed by atoms with Crippen molar-refractivity contribution in [3.05, 3.63) is 0 Å². The molecule has 2 atom stereocenters. The van der Waals surface area contributed by atoms with E-state index in [2.05, 4.69) is 5.32 Å². The summed E-state index contributed by atoms with van der Waals surface area (Å²) in [6.07, 6.45) is 4.57. The summed E-state index contributed by atoms with van der Waals surface area (Å²) in [7, 11) is 0. The molecule has 1 aliphatic heterocycles. The summed E-state index contributed by atoms with van der Waals surface area (Å²) in [4.78, 5) is 40.4. The number of hydrogen-bond acceptors (Lipinski definition) is 4. The van der Waals surface area contributed by atoms with Crippen LogP contribution in [0.2, 0.25) is 0 Å². The van der Waals surface area contributed by atoms with E-state index in [-0.39, 0.29) is 29.7 Å². The Morgan fingerprint density at radius 1 is 1.17 bits per heavy atom. The van der Waals surface area contributed by atoms with Gasteiger partial charge < -0.3 is 20.9 Å². The highest BCUT2D eigenvalue weighted by molar-refractivity contribution is 5.88. The first kappa shape index (κ1) is 16.2. The average Bonchev–Trinajstić information content (AvgIpc) is 3.42. The molecule has 0 aromatic rings. The molecule has 7 nitrogen and oxygen atoms in total. The van der Waals surface area contributed by atoms with Gasteiger partial charge in [-0.05, 0) is 32.1 Å². The number of likely N-dealkylation sites (tertiary alicyclic amines) is 1. The molecule has 3 aliphatic rings. The number of amides is 3. The van der Waals surface area contributed by atoms with Gasteiger partial charge in [0.1, 0.15) is 6.04 Å². The predicted molar refractivity (Wildman–Crippen MR) is 84.2 cm³/mol. The zero-order valence-corrected chi connectivity index (χ0v) is 13.7. The Labute approximate surface area is 136 Å². The zero-order valence-electron chi connectivity index (χ0n) is 13.7. The highest BCUT2D eigenvalue weighted by atomic mass is 16.2. The first-order chi connectivity index (χ1) is 11.0. The van der Waals surface area contributed by atoms with Gasteiger partial charge in [0.2, 0.25) is 17.7 Å². The molecule has 128 valence electrons. The van der Waals surface area contributed by atoms with E-state index < -0.39 is 6.04 Å². The fourth-order valence-corrected chi connectivity index (χ4v) is 3.48. The normalized spacial score (nSPS) is 27.0. The minimum atomic E-state index is -0.489. The van der Waals surface area contributed by atoms with E-state index >= 15 is 0 Å². The third-order valence-corrected chi connectivity index (χ3v) is 4.94. The van der Waals surface area contributed by atoms with E-state index in [1.54, 1.807) is 4.90 Å². The molecule has 23 heavy (non-hydrogen) atoms. The number of carbonyl (C=O) groups is 3. The first-order valence-corrected chi connectivity index (χ1v) is 8.60. The molecule has 0 radical (unpaired) electrons. The molecule has 3 fully saturated rings. The lowest BCUT2D eigenvalue weighted by Gasteiger charge is -2.29. The Balaban J connectivity index is 1.71. The van der Waals surface area contributed by atoms with Gasteiger partial charge in [0.25, 0.3) is 0 Å². The van der Waals surface area contributed by atoms with Gasteiger partial charge in [-0.25, -0.2) is 0 Å². The fourth-order valence-electron chi connectivity index (χ4n) is 3.48. The van der Waals surface area contributed by atoms with Crippen LogP contribution >= 0.6 is 0 Å². The van der Waals surface area contributed by atoms with Crippen LogP contribution in [0.25, 0.3) is 0 Å². The Hall–Kier alpha value is -1.63.